The van der Waals surface area contributed by atoms with E-state index in [0.29, 0.717) is 60.2 Å². The second-order valence-corrected chi connectivity index (χ2v) is 8.62. The topological polar surface area (TPSA) is 131 Å². The number of H-pyrrole nitrogens is 1. The number of nitrogens with two attached hydrogens (primary N) is 1. The number of aromatic amines is 1. The molecular formula is C26H26FN7O3. The van der Waals surface area contributed by atoms with E-state index in [9.17, 15) is 14.0 Å². The lowest BCUT2D eigenvalue weighted by atomic mass is 10.1. The van der Waals surface area contributed by atoms with Gasteiger partial charge < -0.3 is 30.2 Å². The van der Waals surface area contributed by atoms with Gasteiger partial charge in [0.1, 0.15) is 17.2 Å². The van der Waals surface area contributed by atoms with Crippen molar-refractivity contribution in [2.75, 3.05) is 36.9 Å². The number of carbonyl (C=O) groups excluding carboxylic acids is 1. The smallest absolute Gasteiger partial charge is 0.274 e. The number of nitrogen functional groups attached to an aromatic ring is 1. The van der Waals surface area contributed by atoms with E-state index < -0.39 is 11.7 Å². The zero-order valence-electron chi connectivity index (χ0n) is 20.2. The van der Waals surface area contributed by atoms with Gasteiger partial charge in [-0.2, -0.15) is 0 Å². The van der Waals surface area contributed by atoms with Gasteiger partial charge in [0.2, 0.25) is 5.56 Å². The molecule has 0 saturated carbocycles. The number of nitrogens with zero attached hydrogens (tertiary/aromatic N) is 4. The summed E-state index contributed by atoms with van der Waals surface area (Å²) in [6, 6.07) is 11.5. The zero-order valence-corrected chi connectivity index (χ0v) is 20.2. The maximum absolute atomic E-state index is 14.8. The summed E-state index contributed by atoms with van der Waals surface area (Å²) in [6.45, 7) is 2.30. The van der Waals surface area contributed by atoms with Gasteiger partial charge in [-0.1, -0.05) is 6.07 Å². The van der Waals surface area contributed by atoms with Crippen molar-refractivity contribution in [3.8, 4) is 22.6 Å². The number of hydrogen-bond donors (Lipinski definition) is 3. The number of benzene rings is 1. The molecule has 10 nitrogen and oxygen atoms in total. The van der Waals surface area contributed by atoms with Gasteiger partial charge in [-0.25, -0.2) is 14.4 Å². The first-order valence-electron chi connectivity index (χ1n) is 11.8. The van der Waals surface area contributed by atoms with E-state index in [1.807, 2.05) is 11.0 Å². The molecule has 190 valence electrons. The van der Waals surface area contributed by atoms with Gasteiger partial charge in [0, 0.05) is 62.0 Å². The number of aromatic nitrogens is 4. The molecule has 1 saturated heterocycles. The first-order valence-corrected chi connectivity index (χ1v) is 11.8. The van der Waals surface area contributed by atoms with Crippen molar-refractivity contribution in [3.05, 3.63) is 82.3 Å². The predicted molar refractivity (Wildman–Crippen MR) is 138 cm³/mol. The van der Waals surface area contributed by atoms with Crippen LogP contribution in [0, 0.1) is 5.82 Å². The number of ether oxygens (including phenoxy) is 1. The highest BCUT2D eigenvalue weighted by atomic mass is 19.1. The van der Waals surface area contributed by atoms with Gasteiger partial charge in [0.05, 0.1) is 18.9 Å². The normalized spacial score (nSPS) is 13.5. The van der Waals surface area contributed by atoms with E-state index >= 15 is 0 Å². The van der Waals surface area contributed by atoms with Crippen LogP contribution < -0.4 is 21.5 Å². The number of amides is 1. The summed E-state index contributed by atoms with van der Waals surface area (Å²) in [6.07, 6.45) is 3.35. The molecule has 0 spiro atoms. The SMILES string of the molecule is Cn1cc(-c2nc(C(=O)NCc3c(F)cccc3N3CCOCC3)c(N)nc2-c2ccc[nH]2)ccc1=O. The van der Waals surface area contributed by atoms with E-state index in [1.165, 1.54) is 16.7 Å². The van der Waals surface area contributed by atoms with Crippen LogP contribution >= 0.6 is 0 Å². The minimum Gasteiger partial charge on any atom is -0.382 e. The van der Waals surface area contributed by atoms with Crippen LogP contribution in [0.2, 0.25) is 0 Å². The Kier molecular flexibility index (Phi) is 6.69. The molecule has 0 radical (unpaired) electrons. The monoisotopic (exact) mass is 503 g/mol. The molecule has 1 amide bonds. The largest absolute Gasteiger partial charge is 0.382 e. The molecule has 11 heteroatoms. The number of rotatable bonds is 6. The lowest BCUT2D eigenvalue weighted by Gasteiger charge is -2.30. The number of aryl methyl sites for hydroxylation is 1. The average molecular weight is 504 g/mol. The molecule has 1 aliphatic rings. The fraction of sp³-hybridized carbons (Fsp3) is 0.231. The van der Waals surface area contributed by atoms with Crippen LogP contribution in [-0.2, 0) is 18.3 Å². The second-order valence-electron chi connectivity index (χ2n) is 8.62. The van der Waals surface area contributed by atoms with Crippen LogP contribution in [0.4, 0.5) is 15.9 Å². The summed E-state index contributed by atoms with van der Waals surface area (Å²) in [4.78, 5) is 39.3. The van der Waals surface area contributed by atoms with Crippen LogP contribution in [0.3, 0.4) is 0 Å². The Balaban J connectivity index is 1.48. The molecule has 0 unspecified atom stereocenters. The quantitative estimate of drug-likeness (QED) is 0.368. The molecular weight excluding hydrogens is 477 g/mol. The third kappa shape index (κ3) is 4.94. The van der Waals surface area contributed by atoms with Crippen LogP contribution in [0.15, 0.2) is 59.7 Å². The molecule has 37 heavy (non-hydrogen) atoms. The van der Waals surface area contributed by atoms with Crippen molar-refractivity contribution in [1.82, 2.24) is 24.8 Å². The summed E-state index contributed by atoms with van der Waals surface area (Å²) < 4.78 is 21.6. The molecule has 1 aromatic carbocycles. The number of carbonyl (C=O) groups is 1. The van der Waals surface area contributed by atoms with Crippen LogP contribution in [0.1, 0.15) is 16.1 Å². The Morgan fingerprint density at radius 1 is 1.14 bits per heavy atom. The molecule has 1 fully saturated rings. The van der Waals surface area contributed by atoms with E-state index in [-0.39, 0.29) is 23.6 Å². The standard InChI is InChI=1S/C26H26FN7O3/c1-33-15-16(7-8-21(33)35)22-23(19-5-3-9-29-19)32-25(28)24(31-22)26(36)30-14-17-18(27)4-2-6-20(17)34-10-12-37-13-11-34/h2-9,15,29H,10-14H2,1H3,(H2,28,32)(H,30,36). The molecule has 0 atom stereocenters. The van der Waals surface area contributed by atoms with Crippen LogP contribution in [0.25, 0.3) is 22.6 Å². The Labute approximate surface area is 211 Å². The number of halogens is 1. The lowest BCUT2D eigenvalue weighted by molar-refractivity contribution is 0.0946. The molecule has 4 aromatic rings. The third-order valence-corrected chi connectivity index (χ3v) is 6.22. The second kappa shape index (κ2) is 10.2. The van der Waals surface area contributed by atoms with Crippen molar-refractivity contribution in [3.63, 3.8) is 0 Å². The van der Waals surface area contributed by atoms with E-state index in [0.717, 1.165) is 0 Å². The highest BCUT2D eigenvalue weighted by Gasteiger charge is 2.22. The molecule has 3 aromatic heterocycles. The molecule has 4 N–H and O–H groups in total. The van der Waals surface area contributed by atoms with Crippen molar-refractivity contribution >= 4 is 17.4 Å². The van der Waals surface area contributed by atoms with Crippen LogP contribution in [0.5, 0.6) is 0 Å². The molecule has 5 rings (SSSR count). The van der Waals surface area contributed by atoms with Crippen molar-refractivity contribution in [2.45, 2.75) is 6.54 Å². The number of nitrogens with one attached hydrogen (secondary N) is 2. The van der Waals surface area contributed by atoms with E-state index in [4.69, 9.17) is 10.5 Å². The summed E-state index contributed by atoms with van der Waals surface area (Å²) in [5, 5.41) is 2.75. The third-order valence-electron chi connectivity index (χ3n) is 6.22. The van der Waals surface area contributed by atoms with Crippen LogP contribution in [-0.4, -0.2) is 51.7 Å². The minimum atomic E-state index is -0.592. The Morgan fingerprint density at radius 2 is 1.95 bits per heavy atom. The van der Waals surface area contributed by atoms with E-state index in [1.54, 1.807) is 43.7 Å². The predicted octanol–water partition coefficient (Wildman–Crippen LogP) is 2.33. The minimum absolute atomic E-state index is 0.0626. The maximum atomic E-state index is 14.8. The molecule has 4 heterocycles. The lowest BCUT2D eigenvalue weighted by Crippen LogP contribution is -2.37. The van der Waals surface area contributed by atoms with Crippen molar-refractivity contribution in [1.29, 1.82) is 0 Å². The number of morpholine rings is 1. The molecule has 1 aliphatic heterocycles. The Hall–Kier alpha value is -4.51. The highest BCUT2D eigenvalue weighted by Crippen LogP contribution is 2.30. The fourth-order valence-electron chi connectivity index (χ4n) is 4.29. The summed E-state index contributed by atoms with van der Waals surface area (Å²) >= 11 is 0. The van der Waals surface area contributed by atoms with Gasteiger partial charge >= 0.3 is 0 Å². The number of anilines is 2. The maximum Gasteiger partial charge on any atom is 0.274 e. The number of hydrogen-bond acceptors (Lipinski definition) is 7. The average Bonchev–Trinajstić information content (AvgIpc) is 3.45. The number of pyridine rings is 1. The Morgan fingerprint density at radius 3 is 2.68 bits per heavy atom. The summed E-state index contributed by atoms with van der Waals surface area (Å²) in [7, 11) is 1.62. The van der Waals surface area contributed by atoms with Gasteiger partial charge in [0.15, 0.2) is 11.5 Å². The first kappa shape index (κ1) is 24.2. The van der Waals surface area contributed by atoms with Gasteiger partial charge in [-0.15, -0.1) is 0 Å². The van der Waals surface area contributed by atoms with Crippen molar-refractivity contribution in [2.24, 2.45) is 7.05 Å². The molecule has 0 aliphatic carbocycles. The summed E-state index contributed by atoms with van der Waals surface area (Å²) in [5.41, 5.74) is 9.00. The van der Waals surface area contributed by atoms with E-state index in [2.05, 4.69) is 20.3 Å². The first-order chi connectivity index (χ1) is 17.9. The highest BCUT2D eigenvalue weighted by molar-refractivity contribution is 5.98. The van der Waals surface area contributed by atoms with Crippen molar-refractivity contribution < 1.29 is 13.9 Å². The van der Waals surface area contributed by atoms with Gasteiger partial charge in [-0.05, 0) is 30.3 Å². The Bertz CT molecular complexity index is 1490. The van der Waals surface area contributed by atoms with Gasteiger partial charge in [-0.3, -0.25) is 9.59 Å². The van der Waals surface area contributed by atoms with Gasteiger partial charge in [0.25, 0.3) is 5.91 Å². The molecule has 0 bridgehead atoms. The summed E-state index contributed by atoms with van der Waals surface area (Å²) in [5.74, 6) is -1.08. The zero-order chi connectivity index (χ0) is 25.9. The fourth-order valence-corrected chi connectivity index (χ4v) is 4.29.